The lowest BCUT2D eigenvalue weighted by Gasteiger charge is -2.25. The van der Waals surface area contributed by atoms with Crippen molar-refractivity contribution in [3.05, 3.63) is 0 Å². The fourth-order valence-electron chi connectivity index (χ4n) is 1.47. The Balaban J connectivity index is 3.34. The largest absolute Gasteiger partial charge is 0.396 e. The van der Waals surface area contributed by atoms with Crippen molar-refractivity contribution in [3.63, 3.8) is 0 Å². The van der Waals surface area contributed by atoms with Gasteiger partial charge in [-0.1, -0.05) is 26.7 Å². The first-order valence-electron chi connectivity index (χ1n) is 5.84. The van der Waals surface area contributed by atoms with E-state index in [9.17, 15) is 0 Å². The van der Waals surface area contributed by atoms with Crippen LogP contribution in [0.3, 0.4) is 0 Å². The van der Waals surface area contributed by atoms with Crippen molar-refractivity contribution in [3.8, 4) is 0 Å². The van der Waals surface area contributed by atoms with Gasteiger partial charge in [-0.25, -0.2) is 0 Å². The van der Waals surface area contributed by atoms with Gasteiger partial charge in [0.15, 0.2) is 0 Å². The van der Waals surface area contributed by atoms with E-state index in [-0.39, 0.29) is 12.1 Å². The van der Waals surface area contributed by atoms with Gasteiger partial charge < -0.3 is 10.4 Å². The van der Waals surface area contributed by atoms with Crippen LogP contribution in [0, 0.1) is 5.92 Å². The monoisotopic (exact) mass is 201 g/mol. The van der Waals surface area contributed by atoms with Crippen LogP contribution in [0.5, 0.6) is 0 Å². The van der Waals surface area contributed by atoms with Gasteiger partial charge in [-0.15, -0.1) is 0 Å². The average Bonchev–Trinajstić information content (AvgIpc) is 2.02. The highest BCUT2D eigenvalue weighted by Crippen LogP contribution is 2.09. The zero-order chi connectivity index (χ0) is 11.0. The Morgan fingerprint density at radius 2 is 1.86 bits per heavy atom. The molecule has 0 saturated carbocycles. The van der Waals surface area contributed by atoms with Gasteiger partial charge in [0.25, 0.3) is 0 Å². The van der Waals surface area contributed by atoms with Crippen LogP contribution in [0.1, 0.15) is 53.4 Å². The SMILES string of the molecule is CC(C)CCCCNC(C)(C)CCO. The highest BCUT2D eigenvalue weighted by molar-refractivity contribution is 4.76. The molecule has 2 heteroatoms. The summed E-state index contributed by atoms with van der Waals surface area (Å²) >= 11 is 0. The maximum atomic E-state index is 8.84. The molecule has 0 aromatic rings. The second kappa shape index (κ2) is 7.24. The molecule has 0 aromatic carbocycles. The number of aliphatic hydroxyl groups is 1. The molecule has 0 rings (SSSR count). The summed E-state index contributed by atoms with van der Waals surface area (Å²) < 4.78 is 0. The number of unbranched alkanes of at least 4 members (excludes halogenated alkanes) is 1. The molecule has 0 bridgehead atoms. The Morgan fingerprint density at radius 3 is 2.36 bits per heavy atom. The van der Waals surface area contributed by atoms with Crippen molar-refractivity contribution in [1.29, 1.82) is 0 Å². The van der Waals surface area contributed by atoms with Crippen LogP contribution in [0.25, 0.3) is 0 Å². The third kappa shape index (κ3) is 8.52. The number of nitrogens with one attached hydrogen (secondary N) is 1. The van der Waals surface area contributed by atoms with E-state index < -0.39 is 0 Å². The van der Waals surface area contributed by atoms with E-state index in [1.807, 2.05) is 0 Å². The van der Waals surface area contributed by atoms with Crippen LogP contribution < -0.4 is 5.32 Å². The van der Waals surface area contributed by atoms with E-state index in [2.05, 4.69) is 33.0 Å². The van der Waals surface area contributed by atoms with Crippen LogP contribution >= 0.6 is 0 Å². The van der Waals surface area contributed by atoms with Gasteiger partial charge in [-0.05, 0) is 39.2 Å². The van der Waals surface area contributed by atoms with Crippen LogP contribution in [0.4, 0.5) is 0 Å². The molecule has 0 aromatic heterocycles. The second-order valence-electron chi connectivity index (χ2n) is 5.17. The molecule has 0 radical (unpaired) electrons. The second-order valence-corrected chi connectivity index (χ2v) is 5.17. The van der Waals surface area contributed by atoms with E-state index >= 15 is 0 Å². The minimum Gasteiger partial charge on any atom is -0.396 e. The van der Waals surface area contributed by atoms with Gasteiger partial charge in [0.05, 0.1) is 0 Å². The van der Waals surface area contributed by atoms with E-state index in [0.717, 1.165) is 18.9 Å². The first kappa shape index (κ1) is 13.9. The Labute approximate surface area is 89.1 Å². The average molecular weight is 201 g/mol. The van der Waals surface area contributed by atoms with Gasteiger partial charge in [0.2, 0.25) is 0 Å². The topological polar surface area (TPSA) is 32.3 Å². The summed E-state index contributed by atoms with van der Waals surface area (Å²) in [6, 6.07) is 0. The maximum Gasteiger partial charge on any atom is 0.0448 e. The summed E-state index contributed by atoms with van der Waals surface area (Å²) in [5.74, 6) is 0.820. The number of hydrogen-bond acceptors (Lipinski definition) is 2. The maximum absolute atomic E-state index is 8.84. The molecule has 2 N–H and O–H groups in total. The summed E-state index contributed by atoms with van der Waals surface area (Å²) in [4.78, 5) is 0. The van der Waals surface area contributed by atoms with Crippen molar-refractivity contribution >= 4 is 0 Å². The first-order chi connectivity index (χ1) is 6.48. The molecule has 14 heavy (non-hydrogen) atoms. The molecule has 0 heterocycles. The van der Waals surface area contributed by atoms with Gasteiger partial charge in [-0.3, -0.25) is 0 Å². The molecule has 0 aliphatic carbocycles. The van der Waals surface area contributed by atoms with Crippen molar-refractivity contribution < 1.29 is 5.11 Å². The fraction of sp³-hybridized carbons (Fsp3) is 1.00. The molecule has 0 saturated heterocycles. The third-order valence-electron chi connectivity index (χ3n) is 2.55. The van der Waals surface area contributed by atoms with Gasteiger partial charge in [0, 0.05) is 12.1 Å². The number of hydrogen-bond donors (Lipinski definition) is 2. The highest BCUT2D eigenvalue weighted by atomic mass is 16.3. The van der Waals surface area contributed by atoms with Crippen molar-refractivity contribution in [2.75, 3.05) is 13.2 Å². The Morgan fingerprint density at radius 1 is 1.21 bits per heavy atom. The minimum atomic E-state index is 0.0899. The van der Waals surface area contributed by atoms with Crippen molar-refractivity contribution in [1.82, 2.24) is 5.32 Å². The van der Waals surface area contributed by atoms with E-state index in [4.69, 9.17) is 5.11 Å². The molecule has 0 aliphatic rings. The standard InChI is InChI=1S/C12H27NO/c1-11(2)7-5-6-9-13-12(3,4)8-10-14/h11,13-14H,5-10H2,1-4H3. The Kier molecular flexibility index (Phi) is 7.20. The molecule has 86 valence electrons. The predicted octanol–water partition coefficient (Wildman–Crippen LogP) is 2.56. The summed E-state index contributed by atoms with van der Waals surface area (Å²) in [7, 11) is 0. The lowest BCUT2D eigenvalue weighted by atomic mass is 10.0. The van der Waals surface area contributed by atoms with Crippen LogP contribution in [-0.4, -0.2) is 23.8 Å². The van der Waals surface area contributed by atoms with Gasteiger partial charge in [-0.2, -0.15) is 0 Å². The smallest absolute Gasteiger partial charge is 0.0448 e. The molecule has 2 nitrogen and oxygen atoms in total. The van der Waals surface area contributed by atoms with Crippen LogP contribution in [-0.2, 0) is 0 Å². The van der Waals surface area contributed by atoms with Crippen molar-refractivity contribution in [2.45, 2.75) is 58.9 Å². The molecular formula is C12H27NO. The molecule has 0 spiro atoms. The number of rotatable bonds is 8. The van der Waals surface area contributed by atoms with E-state index in [0.29, 0.717) is 0 Å². The summed E-state index contributed by atoms with van der Waals surface area (Å²) in [6.45, 7) is 10.2. The summed E-state index contributed by atoms with van der Waals surface area (Å²) in [5, 5.41) is 12.3. The lowest BCUT2D eigenvalue weighted by molar-refractivity contribution is 0.230. The highest BCUT2D eigenvalue weighted by Gasteiger charge is 2.14. The zero-order valence-corrected chi connectivity index (χ0v) is 10.3. The Hall–Kier alpha value is -0.0800. The number of aliphatic hydroxyl groups excluding tert-OH is 1. The van der Waals surface area contributed by atoms with Gasteiger partial charge >= 0.3 is 0 Å². The lowest BCUT2D eigenvalue weighted by Crippen LogP contribution is -2.40. The van der Waals surface area contributed by atoms with Crippen LogP contribution in [0.2, 0.25) is 0 Å². The van der Waals surface area contributed by atoms with E-state index in [1.165, 1.54) is 19.3 Å². The van der Waals surface area contributed by atoms with E-state index in [1.54, 1.807) is 0 Å². The normalized spacial score (nSPS) is 12.4. The zero-order valence-electron chi connectivity index (χ0n) is 10.3. The molecule has 0 amide bonds. The summed E-state index contributed by atoms with van der Waals surface area (Å²) in [5.41, 5.74) is 0.0899. The van der Waals surface area contributed by atoms with Crippen molar-refractivity contribution in [2.24, 2.45) is 5.92 Å². The Bertz CT molecular complexity index is 132. The predicted molar refractivity (Wildman–Crippen MR) is 62.5 cm³/mol. The molecular weight excluding hydrogens is 174 g/mol. The fourth-order valence-corrected chi connectivity index (χ4v) is 1.47. The van der Waals surface area contributed by atoms with Gasteiger partial charge in [0.1, 0.15) is 0 Å². The molecule has 0 aliphatic heterocycles. The molecule has 0 atom stereocenters. The molecule has 0 unspecified atom stereocenters. The third-order valence-corrected chi connectivity index (χ3v) is 2.55. The molecule has 0 fully saturated rings. The quantitative estimate of drug-likeness (QED) is 0.592. The first-order valence-corrected chi connectivity index (χ1v) is 5.84. The minimum absolute atomic E-state index is 0.0899. The van der Waals surface area contributed by atoms with Crippen LogP contribution in [0.15, 0.2) is 0 Å². The summed E-state index contributed by atoms with van der Waals surface area (Å²) in [6.07, 6.45) is 4.70.